The van der Waals surface area contributed by atoms with E-state index in [-0.39, 0.29) is 0 Å². The Bertz CT molecular complexity index is 799. The van der Waals surface area contributed by atoms with Crippen molar-refractivity contribution in [2.75, 3.05) is 0 Å². The summed E-state index contributed by atoms with van der Waals surface area (Å²) in [6.45, 7) is 0. The molecule has 0 spiro atoms. The topological polar surface area (TPSA) is 65.0 Å². The fourth-order valence-corrected chi connectivity index (χ4v) is 2.66. The smallest absolute Gasteiger partial charge is 0.283 e. The van der Waals surface area contributed by atoms with E-state index in [4.69, 9.17) is 8.83 Å². The first kappa shape index (κ1) is 10.5. The fraction of sp³-hybridized carbons (Fsp3) is 0. The Morgan fingerprint density at radius 1 is 0.947 bits per heavy atom. The minimum Gasteiger partial charge on any atom is -0.459 e. The molecule has 1 aromatic carbocycles. The molecule has 19 heavy (non-hydrogen) atoms. The Kier molecular flexibility index (Phi) is 2.22. The summed E-state index contributed by atoms with van der Waals surface area (Å²) in [4.78, 5) is 4.47. The van der Waals surface area contributed by atoms with Gasteiger partial charge in [-0.1, -0.05) is 12.1 Å². The van der Waals surface area contributed by atoms with Gasteiger partial charge in [-0.15, -0.1) is 21.5 Å². The summed E-state index contributed by atoms with van der Waals surface area (Å²) in [5.74, 6) is 1.33. The highest BCUT2D eigenvalue weighted by Gasteiger charge is 2.15. The van der Waals surface area contributed by atoms with Gasteiger partial charge in [0.1, 0.15) is 0 Å². The Morgan fingerprint density at radius 3 is 2.68 bits per heavy atom. The quantitative estimate of drug-likeness (QED) is 0.556. The Labute approximate surface area is 111 Å². The molecule has 0 atom stereocenters. The number of hydrogen-bond donors (Lipinski definition) is 0. The van der Waals surface area contributed by atoms with Crippen LogP contribution >= 0.6 is 11.3 Å². The second kappa shape index (κ2) is 4.03. The Hall–Kier alpha value is -2.47. The summed E-state index contributed by atoms with van der Waals surface area (Å²) >= 11 is 1.52. The maximum absolute atomic E-state index is 5.58. The van der Waals surface area contributed by atoms with Crippen LogP contribution in [0.2, 0.25) is 0 Å². The fourth-order valence-electron chi connectivity index (χ4n) is 1.77. The molecule has 6 heteroatoms. The lowest BCUT2D eigenvalue weighted by molar-refractivity contribution is 0.523. The van der Waals surface area contributed by atoms with Crippen LogP contribution in [0.5, 0.6) is 0 Å². The lowest BCUT2D eigenvalue weighted by Crippen LogP contribution is -1.74. The summed E-state index contributed by atoms with van der Waals surface area (Å²) in [6, 6.07) is 11.5. The average molecular weight is 269 g/mol. The Morgan fingerprint density at radius 2 is 1.84 bits per heavy atom. The number of para-hydroxylation sites is 1. The first-order valence-corrected chi connectivity index (χ1v) is 6.45. The van der Waals surface area contributed by atoms with Gasteiger partial charge in [-0.05, 0) is 24.3 Å². The largest absolute Gasteiger partial charge is 0.459 e. The van der Waals surface area contributed by atoms with E-state index in [1.165, 1.54) is 11.3 Å². The number of nitrogens with zero attached hydrogens (tertiary/aromatic N) is 3. The first-order valence-electron chi connectivity index (χ1n) is 5.63. The van der Waals surface area contributed by atoms with Crippen LogP contribution in [0, 0.1) is 0 Å². The molecular formula is C13H7N3O2S. The molecule has 0 bridgehead atoms. The third kappa shape index (κ3) is 1.73. The zero-order chi connectivity index (χ0) is 12.7. The molecular weight excluding hydrogens is 262 g/mol. The van der Waals surface area contributed by atoms with E-state index in [1.807, 2.05) is 24.3 Å². The van der Waals surface area contributed by atoms with Crippen molar-refractivity contribution in [1.82, 2.24) is 15.2 Å². The van der Waals surface area contributed by atoms with Crippen molar-refractivity contribution < 1.29 is 8.83 Å². The molecule has 0 N–H and O–H groups in total. The summed E-state index contributed by atoms with van der Waals surface area (Å²) in [5, 5.41) is 8.68. The standard InChI is InChI=1S/C13H7N3O2S/c1-2-6-10-8(4-1)14-13(19-10)12-16-15-11(18-12)9-5-3-7-17-9/h1-7H. The summed E-state index contributed by atoms with van der Waals surface area (Å²) in [6.07, 6.45) is 1.57. The summed E-state index contributed by atoms with van der Waals surface area (Å²) < 4.78 is 11.9. The van der Waals surface area contributed by atoms with Crippen LogP contribution in [0.1, 0.15) is 0 Å². The van der Waals surface area contributed by atoms with Gasteiger partial charge in [0.15, 0.2) is 10.8 Å². The molecule has 0 aliphatic carbocycles. The zero-order valence-corrected chi connectivity index (χ0v) is 10.4. The lowest BCUT2D eigenvalue weighted by atomic mass is 10.3. The van der Waals surface area contributed by atoms with Crippen molar-refractivity contribution in [3.63, 3.8) is 0 Å². The van der Waals surface area contributed by atoms with Crippen molar-refractivity contribution >= 4 is 21.6 Å². The van der Waals surface area contributed by atoms with E-state index in [0.29, 0.717) is 22.5 Å². The maximum Gasteiger partial charge on any atom is 0.283 e. The zero-order valence-electron chi connectivity index (χ0n) is 9.61. The molecule has 0 saturated carbocycles. The highest BCUT2D eigenvalue weighted by Crippen LogP contribution is 2.30. The monoisotopic (exact) mass is 269 g/mol. The van der Waals surface area contributed by atoms with Crippen molar-refractivity contribution in [3.05, 3.63) is 42.7 Å². The number of aromatic nitrogens is 3. The molecule has 5 nitrogen and oxygen atoms in total. The average Bonchev–Trinajstić information content (AvgIpc) is 3.17. The lowest BCUT2D eigenvalue weighted by Gasteiger charge is -1.85. The maximum atomic E-state index is 5.58. The molecule has 0 amide bonds. The van der Waals surface area contributed by atoms with Crippen molar-refractivity contribution in [2.45, 2.75) is 0 Å². The van der Waals surface area contributed by atoms with Crippen molar-refractivity contribution in [1.29, 1.82) is 0 Å². The second-order valence-corrected chi connectivity index (χ2v) is 4.91. The number of furan rings is 1. The molecule has 0 unspecified atom stereocenters. The minimum atomic E-state index is 0.360. The second-order valence-electron chi connectivity index (χ2n) is 3.88. The molecule has 92 valence electrons. The molecule has 4 rings (SSSR count). The SMILES string of the molecule is c1coc(-c2nnc(-c3nc4ccccc4s3)o2)c1. The van der Waals surface area contributed by atoms with E-state index < -0.39 is 0 Å². The molecule has 0 radical (unpaired) electrons. The van der Waals surface area contributed by atoms with Crippen LogP contribution in [0.3, 0.4) is 0 Å². The Balaban J connectivity index is 1.80. The van der Waals surface area contributed by atoms with Crippen LogP contribution in [-0.4, -0.2) is 15.2 Å². The van der Waals surface area contributed by atoms with Gasteiger partial charge in [0.05, 0.1) is 16.5 Å². The minimum absolute atomic E-state index is 0.360. The van der Waals surface area contributed by atoms with Crippen LogP contribution in [0.4, 0.5) is 0 Å². The van der Waals surface area contributed by atoms with Gasteiger partial charge in [0.2, 0.25) is 0 Å². The molecule has 0 fully saturated rings. The molecule has 0 aliphatic heterocycles. The predicted octanol–water partition coefficient (Wildman–Crippen LogP) is 3.61. The van der Waals surface area contributed by atoms with Gasteiger partial charge in [-0.2, -0.15) is 0 Å². The van der Waals surface area contributed by atoms with Gasteiger partial charge < -0.3 is 8.83 Å². The molecule has 0 aliphatic rings. The van der Waals surface area contributed by atoms with Gasteiger partial charge in [0, 0.05) is 0 Å². The highest BCUT2D eigenvalue weighted by atomic mass is 32.1. The molecule has 3 aromatic heterocycles. The van der Waals surface area contributed by atoms with Gasteiger partial charge in [-0.25, -0.2) is 4.98 Å². The molecule has 4 aromatic rings. The van der Waals surface area contributed by atoms with Crippen LogP contribution in [0.15, 0.2) is 51.5 Å². The first-order chi connectivity index (χ1) is 9.40. The van der Waals surface area contributed by atoms with E-state index >= 15 is 0 Å². The van der Waals surface area contributed by atoms with E-state index in [9.17, 15) is 0 Å². The summed E-state index contributed by atoms with van der Waals surface area (Å²) in [7, 11) is 0. The third-order valence-electron chi connectivity index (χ3n) is 2.63. The van der Waals surface area contributed by atoms with Crippen molar-refractivity contribution in [2.24, 2.45) is 0 Å². The van der Waals surface area contributed by atoms with Crippen LogP contribution in [0.25, 0.3) is 32.8 Å². The van der Waals surface area contributed by atoms with Gasteiger partial charge in [0.25, 0.3) is 11.8 Å². The number of thiazole rings is 1. The summed E-state index contributed by atoms with van der Waals surface area (Å²) in [5.41, 5.74) is 0.931. The van der Waals surface area contributed by atoms with Crippen molar-refractivity contribution in [3.8, 4) is 22.5 Å². The number of hydrogen-bond acceptors (Lipinski definition) is 6. The molecule has 3 heterocycles. The highest BCUT2D eigenvalue weighted by molar-refractivity contribution is 7.21. The van der Waals surface area contributed by atoms with E-state index in [1.54, 1.807) is 18.4 Å². The number of fused-ring (bicyclic) bond motifs is 1. The predicted molar refractivity (Wildman–Crippen MR) is 70.6 cm³/mol. The number of rotatable bonds is 2. The van der Waals surface area contributed by atoms with E-state index in [0.717, 1.165) is 10.2 Å². The van der Waals surface area contributed by atoms with Crippen LogP contribution in [-0.2, 0) is 0 Å². The molecule has 0 saturated heterocycles. The van der Waals surface area contributed by atoms with Gasteiger partial charge in [-0.3, -0.25) is 0 Å². The normalized spacial score (nSPS) is 11.2. The third-order valence-corrected chi connectivity index (χ3v) is 3.66. The van der Waals surface area contributed by atoms with Gasteiger partial charge >= 0.3 is 0 Å². The van der Waals surface area contributed by atoms with E-state index in [2.05, 4.69) is 15.2 Å². The van der Waals surface area contributed by atoms with Crippen LogP contribution < -0.4 is 0 Å². The number of benzene rings is 1.